The Bertz CT molecular complexity index is 746. The Morgan fingerprint density at radius 3 is 2.55 bits per heavy atom. The summed E-state index contributed by atoms with van der Waals surface area (Å²) in [6.07, 6.45) is 16.9. The highest BCUT2D eigenvalue weighted by Crippen LogP contribution is 2.59. The number of aliphatic hydroxyl groups excluding tert-OH is 3. The molecule has 0 aromatic heterocycles. The fourth-order valence-corrected chi connectivity index (χ4v) is 6.63. The number of fused-ring (bicyclic) bond motifs is 1. The molecule has 4 nitrogen and oxygen atoms in total. The molecule has 4 fully saturated rings. The van der Waals surface area contributed by atoms with Crippen LogP contribution in [0.25, 0.3) is 0 Å². The van der Waals surface area contributed by atoms with Crippen LogP contribution in [0.1, 0.15) is 71.6 Å². The molecule has 7 unspecified atom stereocenters. The third-order valence-electron chi connectivity index (χ3n) is 8.65. The largest absolute Gasteiger partial charge is 0.412 e. The highest BCUT2D eigenvalue weighted by molar-refractivity contribution is 5.38. The number of rotatable bonds is 5. The molecule has 0 aliphatic heterocycles. The van der Waals surface area contributed by atoms with Gasteiger partial charge in [0.25, 0.3) is 0 Å². The maximum absolute atomic E-state index is 10.2. The molecule has 4 heteroatoms. The van der Waals surface area contributed by atoms with E-state index in [1.807, 2.05) is 0 Å². The van der Waals surface area contributed by atoms with Crippen LogP contribution in [0.3, 0.4) is 0 Å². The predicted molar refractivity (Wildman–Crippen MR) is 125 cm³/mol. The van der Waals surface area contributed by atoms with Crippen LogP contribution in [0.4, 0.5) is 0 Å². The third kappa shape index (κ3) is 5.08. The lowest BCUT2D eigenvalue weighted by atomic mass is 9.61. The minimum Gasteiger partial charge on any atom is -0.412 e. The van der Waals surface area contributed by atoms with E-state index in [1.165, 1.54) is 44.1 Å². The maximum Gasteiger partial charge on any atom is 0.0811 e. The Kier molecular flexibility index (Phi) is 7.68. The molecule has 5 N–H and O–H groups in total. The first-order valence-corrected chi connectivity index (χ1v) is 12.1. The molecular formula is C27H42O4. The quantitative estimate of drug-likeness (QED) is 0.569. The van der Waals surface area contributed by atoms with Crippen LogP contribution < -0.4 is 0 Å². The van der Waals surface area contributed by atoms with E-state index in [1.54, 1.807) is 0 Å². The van der Waals surface area contributed by atoms with E-state index in [4.69, 9.17) is 0 Å². The van der Waals surface area contributed by atoms with Crippen molar-refractivity contribution in [3.8, 4) is 0 Å². The monoisotopic (exact) mass is 430 g/mol. The van der Waals surface area contributed by atoms with Crippen molar-refractivity contribution in [1.29, 1.82) is 0 Å². The summed E-state index contributed by atoms with van der Waals surface area (Å²) >= 11 is 0. The van der Waals surface area contributed by atoms with Crippen LogP contribution in [0.5, 0.6) is 0 Å². The summed E-state index contributed by atoms with van der Waals surface area (Å²) in [6.45, 7) is 8.88. The lowest BCUT2D eigenvalue weighted by Gasteiger charge is -2.44. The third-order valence-corrected chi connectivity index (χ3v) is 8.65. The van der Waals surface area contributed by atoms with Crippen molar-refractivity contribution in [2.24, 2.45) is 29.1 Å². The van der Waals surface area contributed by atoms with Crippen LogP contribution in [0.15, 0.2) is 47.6 Å². The van der Waals surface area contributed by atoms with Crippen molar-refractivity contribution < 1.29 is 20.8 Å². The van der Waals surface area contributed by atoms with Crippen molar-refractivity contribution in [3.05, 3.63) is 47.6 Å². The van der Waals surface area contributed by atoms with Gasteiger partial charge >= 0.3 is 0 Å². The Hall–Kier alpha value is -1.20. The molecule has 0 aromatic carbocycles. The second-order valence-corrected chi connectivity index (χ2v) is 10.7. The van der Waals surface area contributed by atoms with Gasteiger partial charge in [0, 0.05) is 6.42 Å². The number of hydrogen-bond acceptors (Lipinski definition) is 3. The van der Waals surface area contributed by atoms with Gasteiger partial charge in [-0.05, 0) is 91.6 Å². The van der Waals surface area contributed by atoms with E-state index in [-0.39, 0.29) is 11.6 Å². The van der Waals surface area contributed by atoms with E-state index in [0.717, 1.165) is 17.6 Å². The fraction of sp³-hybridized carbons (Fsp3) is 0.704. The summed E-state index contributed by atoms with van der Waals surface area (Å²) in [5.41, 5.74) is 3.63. The first-order chi connectivity index (χ1) is 14.3. The predicted octanol–water partition coefficient (Wildman–Crippen LogP) is 4.27. The van der Waals surface area contributed by atoms with Gasteiger partial charge in [-0.15, -0.1) is 0 Å². The van der Waals surface area contributed by atoms with Gasteiger partial charge in [0.2, 0.25) is 0 Å². The molecule has 31 heavy (non-hydrogen) atoms. The summed E-state index contributed by atoms with van der Waals surface area (Å²) in [7, 11) is 0. The molecule has 0 saturated heterocycles. The smallest absolute Gasteiger partial charge is 0.0811 e. The normalized spacial score (nSPS) is 40.7. The van der Waals surface area contributed by atoms with Crippen molar-refractivity contribution in [3.63, 3.8) is 0 Å². The van der Waals surface area contributed by atoms with E-state index < -0.39 is 12.2 Å². The number of allylic oxidation sites excluding steroid dienone is 4. The van der Waals surface area contributed by atoms with Crippen LogP contribution in [0, 0.1) is 29.1 Å². The van der Waals surface area contributed by atoms with Gasteiger partial charge in [0.05, 0.1) is 18.3 Å². The van der Waals surface area contributed by atoms with E-state index in [9.17, 15) is 15.3 Å². The van der Waals surface area contributed by atoms with Crippen molar-refractivity contribution in [1.82, 2.24) is 0 Å². The molecule has 0 amide bonds. The molecule has 7 atom stereocenters. The zero-order chi connectivity index (χ0) is 21.5. The van der Waals surface area contributed by atoms with Gasteiger partial charge in [-0.2, -0.15) is 0 Å². The zero-order valence-corrected chi connectivity index (χ0v) is 19.3. The Morgan fingerprint density at radius 2 is 1.84 bits per heavy atom. The molecule has 4 aliphatic carbocycles. The molecule has 0 spiro atoms. The minimum atomic E-state index is -0.621. The molecular weight excluding hydrogens is 388 g/mol. The van der Waals surface area contributed by atoms with Gasteiger partial charge in [-0.25, -0.2) is 0 Å². The SMILES string of the molecule is C=C1/C(=C\C=C2/CCCC3(C)C2CCC3C(C)/C=C/C(O)C2CC2)CC(O)CC1O.O. The first kappa shape index (κ1) is 24.4. The van der Waals surface area contributed by atoms with Crippen molar-refractivity contribution >= 4 is 0 Å². The minimum absolute atomic E-state index is 0. The molecule has 0 heterocycles. The highest BCUT2D eigenvalue weighted by atomic mass is 16.3. The average molecular weight is 431 g/mol. The van der Waals surface area contributed by atoms with Gasteiger partial charge in [-0.1, -0.05) is 50.3 Å². The molecule has 4 aliphatic rings. The fourth-order valence-electron chi connectivity index (χ4n) is 6.63. The maximum atomic E-state index is 10.2. The Balaban J connectivity index is 0.00000272. The standard InChI is InChI=1S/C27H40O3.H2O/c1-17(6-13-25(29)20-8-9-20)23-11-12-24-19(5-4-14-27(23,24)3)7-10-21-15-22(28)16-26(30)18(21)2;/h6-7,10,13,17,20,22-26,28-30H,2,4-5,8-9,11-12,14-16H2,1,3H3;1H2/b13-6+,19-7+,21-10-;. The highest BCUT2D eigenvalue weighted by Gasteiger charge is 2.50. The molecule has 174 valence electrons. The zero-order valence-electron chi connectivity index (χ0n) is 19.3. The molecule has 0 bridgehead atoms. The molecule has 0 aromatic rings. The van der Waals surface area contributed by atoms with E-state index in [0.29, 0.717) is 41.9 Å². The van der Waals surface area contributed by atoms with Gasteiger partial charge in [-0.3, -0.25) is 0 Å². The molecule has 4 saturated carbocycles. The Morgan fingerprint density at radius 1 is 1.10 bits per heavy atom. The summed E-state index contributed by atoms with van der Waals surface area (Å²) in [6, 6.07) is 0. The average Bonchev–Trinajstić information content (AvgIpc) is 3.49. The second-order valence-electron chi connectivity index (χ2n) is 10.7. The second kappa shape index (κ2) is 9.74. The summed E-state index contributed by atoms with van der Waals surface area (Å²) in [4.78, 5) is 0. The van der Waals surface area contributed by atoms with Crippen molar-refractivity contribution in [2.45, 2.75) is 89.9 Å². The molecule has 4 rings (SSSR count). The first-order valence-electron chi connectivity index (χ1n) is 12.1. The van der Waals surface area contributed by atoms with Gasteiger partial charge < -0.3 is 20.8 Å². The summed E-state index contributed by atoms with van der Waals surface area (Å²) in [5.74, 6) is 2.28. The van der Waals surface area contributed by atoms with Crippen LogP contribution in [-0.2, 0) is 0 Å². The van der Waals surface area contributed by atoms with E-state index in [2.05, 4.69) is 44.7 Å². The molecule has 0 radical (unpaired) electrons. The summed E-state index contributed by atoms with van der Waals surface area (Å²) < 4.78 is 0. The van der Waals surface area contributed by atoms with Crippen LogP contribution in [-0.4, -0.2) is 39.1 Å². The lowest BCUT2D eigenvalue weighted by Crippen LogP contribution is -2.35. The lowest BCUT2D eigenvalue weighted by molar-refractivity contribution is 0.0862. The summed E-state index contributed by atoms with van der Waals surface area (Å²) in [5, 5.41) is 30.4. The topological polar surface area (TPSA) is 92.2 Å². The Labute approximate surface area is 187 Å². The van der Waals surface area contributed by atoms with E-state index >= 15 is 0 Å². The van der Waals surface area contributed by atoms with Gasteiger partial charge in [0.15, 0.2) is 0 Å². The van der Waals surface area contributed by atoms with Crippen molar-refractivity contribution in [2.75, 3.05) is 0 Å². The van der Waals surface area contributed by atoms with Crippen LogP contribution >= 0.6 is 0 Å². The number of hydrogen-bond donors (Lipinski definition) is 3. The van der Waals surface area contributed by atoms with Gasteiger partial charge in [0.1, 0.15) is 0 Å². The number of aliphatic hydroxyl groups is 3. The van der Waals surface area contributed by atoms with Crippen LogP contribution in [0.2, 0.25) is 0 Å².